The smallest absolute Gasteiger partial charge is 0.303 e. The molecule has 0 aromatic heterocycles. The Kier molecular flexibility index (Phi) is 6.55. The number of rotatable bonds is 4. The predicted molar refractivity (Wildman–Crippen MR) is 123 cm³/mol. The predicted octanol–water partition coefficient (Wildman–Crippen LogP) is 2.75. The standard InChI is InChI=1S/C26H40O9/c1-12(2)18-19-20(17-11-13(3)26(30)10-9-24(7,35-26)22(19)33-17)25(8,34-16(6)29)23(32-15(5)28)21(18)31-14(4)27/h12-13,17-23,30H,9-11H2,1-8H3/t13-,17+,18+,19+,20+,21-,22+,23-,24-,25-,26+/m0/s1. The van der Waals surface area contributed by atoms with E-state index in [9.17, 15) is 19.5 Å². The van der Waals surface area contributed by atoms with E-state index < -0.39 is 53.2 Å². The lowest BCUT2D eigenvalue weighted by Gasteiger charge is -2.55. The Bertz CT molecular complexity index is 888. The molecule has 9 heteroatoms. The van der Waals surface area contributed by atoms with Crippen LogP contribution in [0.2, 0.25) is 0 Å². The van der Waals surface area contributed by atoms with Gasteiger partial charge in [0.2, 0.25) is 0 Å². The van der Waals surface area contributed by atoms with Crippen molar-refractivity contribution in [1.82, 2.24) is 0 Å². The second-order valence-corrected chi connectivity index (χ2v) is 11.8. The van der Waals surface area contributed by atoms with Gasteiger partial charge in [-0.1, -0.05) is 20.8 Å². The molecule has 4 bridgehead atoms. The molecule has 0 amide bonds. The van der Waals surface area contributed by atoms with Crippen molar-refractivity contribution in [3.8, 4) is 0 Å². The van der Waals surface area contributed by atoms with E-state index in [-0.39, 0.29) is 35.7 Å². The highest BCUT2D eigenvalue weighted by atomic mass is 16.7. The highest BCUT2D eigenvalue weighted by Crippen LogP contribution is 2.62. The van der Waals surface area contributed by atoms with E-state index in [0.29, 0.717) is 19.3 Å². The summed E-state index contributed by atoms with van der Waals surface area (Å²) < 4.78 is 30.9. The van der Waals surface area contributed by atoms with Crippen LogP contribution in [-0.2, 0) is 38.1 Å². The number of hydrogen-bond acceptors (Lipinski definition) is 9. The molecule has 1 saturated carbocycles. The van der Waals surface area contributed by atoms with E-state index in [2.05, 4.69) is 0 Å². The largest absolute Gasteiger partial charge is 0.458 e. The summed E-state index contributed by atoms with van der Waals surface area (Å²) in [4.78, 5) is 37.0. The molecule has 0 unspecified atom stereocenters. The number of fused-ring (bicyclic) bond motifs is 8. The van der Waals surface area contributed by atoms with Crippen molar-refractivity contribution in [2.75, 3.05) is 0 Å². The van der Waals surface area contributed by atoms with Crippen LogP contribution in [0.25, 0.3) is 0 Å². The minimum absolute atomic E-state index is 0.0127. The third-order valence-corrected chi connectivity index (χ3v) is 8.91. The Morgan fingerprint density at radius 2 is 1.63 bits per heavy atom. The van der Waals surface area contributed by atoms with Gasteiger partial charge in [0.25, 0.3) is 0 Å². The van der Waals surface area contributed by atoms with Crippen molar-refractivity contribution in [1.29, 1.82) is 0 Å². The van der Waals surface area contributed by atoms with Crippen LogP contribution >= 0.6 is 0 Å². The maximum atomic E-state index is 12.4. The lowest BCUT2D eigenvalue weighted by Crippen LogP contribution is -2.69. The first-order chi connectivity index (χ1) is 16.1. The van der Waals surface area contributed by atoms with Crippen LogP contribution in [0.15, 0.2) is 0 Å². The molecule has 3 heterocycles. The highest BCUT2D eigenvalue weighted by Gasteiger charge is 2.73. The molecular weight excluding hydrogens is 456 g/mol. The van der Waals surface area contributed by atoms with Crippen LogP contribution in [0, 0.1) is 29.6 Å². The molecule has 9 nitrogen and oxygen atoms in total. The maximum Gasteiger partial charge on any atom is 0.303 e. The van der Waals surface area contributed by atoms with E-state index in [1.54, 1.807) is 6.92 Å². The van der Waals surface area contributed by atoms with Gasteiger partial charge >= 0.3 is 17.9 Å². The van der Waals surface area contributed by atoms with Crippen LogP contribution in [0.5, 0.6) is 0 Å². The second kappa shape index (κ2) is 8.70. The van der Waals surface area contributed by atoms with Gasteiger partial charge in [0.15, 0.2) is 17.5 Å². The molecule has 198 valence electrons. The van der Waals surface area contributed by atoms with E-state index in [4.69, 9.17) is 23.7 Å². The van der Waals surface area contributed by atoms with Crippen molar-refractivity contribution >= 4 is 17.9 Å². The quantitative estimate of drug-likeness (QED) is 0.463. The molecule has 1 N–H and O–H groups in total. The molecule has 4 rings (SSSR count). The Hall–Kier alpha value is -1.71. The van der Waals surface area contributed by atoms with E-state index >= 15 is 0 Å². The fraction of sp³-hybridized carbons (Fsp3) is 0.885. The van der Waals surface area contributed by atoms with Gasteiger partial charge in [0.05, 0.1) is 17.8 Å². The molecule has 0 aromatic rings. The molecule has 35 heavy (non-hydrogen) atoms. The third kappa shape index (κ3) is 4.17. The maximum absolute atomic E-state index is 12.4. The van der Waals surface area contributed by atoms with E-state index in [0.717, 1.165) is 0 Å². The summed E-state index contributed by atoms with van der Waals surface area (Å²) in [6, 6.07) is 0. The minimum atomic E-state index is -1.32. The minimum Gasteiger partial charge on any atom is -0.458 e. The number of carbonyl (C=O) groups is 3. The van der Waals surface area contributed by atoms with Gasteiger partial charge in [-0.3, -0.25) is 14.4 Å². The average molecular weight is 497 g/mol. The molecule has 0 radical (unpaired) electrons. The molecule has 4 aliphatic rings. The summed E-state index contributed by atoms with van der Waals surface area (Å²) in [6.45, 7) is 13.7. The number of hydrogen-bond donors (Lipinski definition) is 1. The van der Waals surface area contributed by atoms with E-state index in [1.807, 2.05) is 27.7 Å². The molecule has 3 aliphatic heterocycles. The summed E-state index contributed by atoms with van der Waals surface area (Å²) in [5.41, 5.74) is -2.10. The van der Waals surface area contributed by atoms with Crippen LogP contribution in [0.3, 0.4) is 0 Å². The molecule has 4 fully saturated rings. The topological polar surface area (TPSA) is 118 Å². The van der Waals surface area contributed by atoms with Crippen molar-refractivity contribution in [3.63, 3.8) is 0 Å². The first-order valence-corrected chi connectivity index (χ1v) is 12.7. The normalized spacial score (nSPS) is 48.5. The Morgan fingerprint density at radius 3 is 2.17 bits per heavy atom. The van der Waals surface area contributed by atoms with Gasteiger partial charge < -0.3 is 28.8 Å². The monoisotopic (exact) mass is 496 g/mol. The molecular formula is C26H40O9. The van der Waals surface area contributed by atoms with Gasteiger partial charge in [0, 0.05) is 50.9 Å². The van der Waals surface area contributed by atoms with Crippen molar-refractivity contribution in [2.45, 2.75) is 116 Å². The summed E-state index contributed by atoms with van der Waals surface area (Å²) in [5.74, 6) is -3.95. The number of carbonyl (C=O) groups excluding carboxylic acids is 3. The van der Waals surface area contributed by atoms with Crippen LogP contribution < -0.4 is 0 Å². The number of aliphatic hydroxyl groups is 1. The molecule has 1 aliphatic carbocycles. The molecule has 0 spiro atoms. The SMILES string of the molecule is CC(=O)O[C@H]1[C@H](C(C)C)[C@@H]2[C@@H]([C@H]3C[C@H](C)[C@@]4(O)CC[C@](C)(O4)[C@@H]2O3)[C@](C)(OC(C)=O)[C@H]1OC(C)=O. The van der Waals surface area contributed by atoms with Crippen LogP contribution in [-0.4, -0.2) is 64.4 Å². The first-order valence-electron chi connectivity index (χ1n) is 12.7. The average Bonchev–Trinajstić information content (AvgIpc) is 3.24. The van der Waals surface area contributed by atoms with Gasteiger partial charge in [0.1, 0.15) is 6.10 Å². The van der Waals surface area contributed by atoms with Crippen LogP contribution in [0.1, 0.15) is 74.7 Å². The lowest BCUT2D eigenvalue weighted by atomic mass is 9.55. The van der Waals surface area contributed by atoms with Crippen molar-refractivity contribution in [3.05, 3.63) is 0 Å². The lowest BCUT2D eigenvalue weighted by molar-refractivity contribution is -0.285. The Balaban J connectivity index is 1.93. The van der Waals surface area contributed by atoms with Gasteiger partial charge in [-0.2, -0.15) is 0 Å². The zero-order valence-electron chi connectivity index (χ0n) is 22.0. The Labute approximate surface area is 207 Å². The zero-order chi connectivity index (χ0) is 26.1. The fourth-order valence-electron chi connectivity index (χ4n) is 7.65. The highest BCUT2D eigenvalue weighted by molar-refractivity contribution is 5.69. The first kappa shape index (κ1) is 26.4. The fourth-order valence-corrected chi connectivity index (χ4v) is 7.65. The van der Waals surface area contributed by atoms with Crippen molar-refractivity contribution < 1.29 is 43.2 Å². The summed E-state index contributed by atoms with van der Waals surface area (Å²) >= 11 is 0. The molecule has 11 atom stereocenters. The van der Waals surface area contributed by atoms with Gasteiger partial charge in [-0.25, -0.2) is 0 Å². The van der Waals surface area contributed by atoms with Gasteiger partial charge in [-0.05, 0) is 32.6 Å². The summed E-state index contributed by atoms with van der Waals surface area (Å²) in [6.07, 6.45) is -1.09. The van der Waals surface area contributed by atoms with Gasteiger partial charge in [-0.15, -0.1) is 0 Å². The van der Waals surface area contributed by atoms with Crippen molar-refractivity contribution in [2.24, 2.45) is 29.6 Å². The Morgan fingerprint density at radius 1 is 1.00 bits per heavy atom. The molecule has 3 saturated heterocycles. The third-order valence-electron chi connectivity index (χ3n) is 8.91. The summed E-state index contributed by atoms with van der Waals surface area (Å²) in [5, 5.41) is 11.3. The summed E-state index contributed by atoms with van der Waals surface area (Å²) in [7, 11) is 0. The molecule has 0 aromatic carbocycles. The van der Waals surface area contributed by atoms with Crippen LogP contribution in [0.4, 0.5) is 0 Å². The van der Waals surface area contributed by atoms with E-state index in [1.165, 1.54) is 20.8 Å². The number of esters is 3. The number of ether oxygens (including phenoxy) is 5. The second-order valence-electron chi connectivity index (χ2n) is 11.8. The zero-order valence-corrected chi connectivity index (χ0v) is 22.0.